The molecule has 4 aromatic rings. The number of aromatic nitrogens is 2. The predicted molar refractivity (Wildman–Crippen MR) is 162 cm³/mol. The van der Waals surface area contributed by atoms with Crippen molar-refractivity contribution >= 4 is 51.5 Å². The maximum absolute atomic E-state index is 13.6. The predicted octanol–water partition coefficient (Wildman–Crippen LogP) is 1.43. The molecule has 4 rings (SSSR count). The monoisotopic (exact) mass is 604 g/mol. The summed E-state index contributed by atoms with van der Waals surface area (Å²) in [6.07, 6.45) is 2.82. The van der Waals surface area contributed by atoms with Crippen molar-refractivity contribution in [2.45, 2.75) is 57.3 Å². The number of amides is 3. The molecule has 0 radical (unpaired) electrons. The summed E-state index contributed by atoms with van der Waals surface area (Å²) in [6.45, 7) is 3.16. The Hall–Kier alpha value is -5.17. The van der Waals surface area contributed by atoms with Crippen molar-refractivity contribution in [2.24, 2.45) is 11.7 Å². The second-order valence-corrected chi connectivity index (χ2v) is 11.0. The van der Waals surface area contributed by atoms with E-state index >= 15 is 0 Å². The molecule has 0 saturated carbocycles. The van der Waals surface area contributed by atoms with Crippen LogP contribution in [0, 0.1) is 5.92 Å². The van der Waals surface area contributed by atoms with Crippen LogP contribution >= 0.6 is 0 Å². The lowest BCUT2D eigenvalue weighted by atomic mass is 10.0. The second-order valence-electron chi connectivity index (χ2n) is 11.0. The Kier molecular flexibility index (Phi) is 10.0. The molecule has 44 heavy (non-hydrogen) atoms. The van der Waals surface area contributed by atoms with Gasteiger partial charge in [-0.25, -0.2) is 4.79 Å². The van der Waals surface area contributed by atoms with E-state index in [9.17, 15) is 34.2 Å². The van der Waals surface area contributed by atoms with Gasteiger partial charge in [-0.3, -0.25) is 19.2 Å². The number of hydrogen-bond acceptors (Lipinski definition) is 6. The van der Waals surface area contributed by atoms with E-state index < -0.39 is 66.2 Å². The van der Waals surface area contributed by atoms with E-state index in [0.717, 1.165) is 27.4 Å². The minimum atomic E-state index is -1.61. The van der Waals surface area contributed by atoms with E-state index in [1.807, 2.05) is 48.5 Å². The molecular weight excluding hydrogens is 568 g/mol. The number of aliphatic carboxylic acids is 2. The van der Waals surface area contributed by atoms with Crippen molar-refractivity contribution < 1.29 is 34.2 Å². The van der Waals surface area contributed by atoms with E-state index in [4.69, 9.17) is 5.73 Å². The molecule has 13 heteroatoms. The van der Waals surface area contributed by atoms with Crippen LogP contribution in [0.15, 0.2) is 60.9 Å². The number of benzene rings is 2. The lowest BCUT2D eigenvalue weighted by Crippen LogP contribution is -2.58. The van der Waals surface area contributed by atoms with Gasteiger partial charge in [0.15, 0.2) is 0 Å². The molecule has 232 valence electrons. The van der Waals surface area contributed by atoms with Gasteiger partial charge in [-0.05, 0) is 35.6 Å². The SMILES string of the molecule is CC(C)C(NC(=O)C(CC(=O)O)NC(=O)C(Cc1c[nH]c2ccccc12)NC(=O)C(N)Cc1c[nH]c2ccccc12)C(=O)O. The van der Waals surface area contributed by atoms with Crippen LogP contribution in [0.2, 0.25) is 0 Å². The summed E-state index contributed by atoms with van der Waals surface area (Å²) in [5, 5.41) is 28.0. The molecule has 4 atom stereocenters. The number of nitrogens with two attached hydrogens (primary N) is 1. The number of nitrogens with one attached hydrogen (secondary N) is 5. The Morgan fingerprint density at radius 3 is 1.75 bits per heavy atom. The van der Waals surface area contributed by atoms with E-state index in [2.05, 4.69) is 25.9 Å². The van der Waals surface area contributed by atoms with E-state index in [-0.39, 0.29) is 12.8 Å². The summed E-state index contributed by atoms with van der Waals surface area (Å²) in [5.74, 6) is -5.64. The number of carbonyl (C=O) groups is 5. The molecule has 2 heterocycles. The smallest absolute Gasteiger partial charge is 0.326 e. The molecule has 0 saturated heterocycles. The highest BCUT2D eigenvalue weighted by molar-refractivity contribution is 5.96. The summed E-state index contributed by atoms with van der Waals surface area (Å²) < 4.78 is 0. The van der Waals surface area contributed by atoms with Crippen LogP contribution in [0.25, 0.3) is 21.8 Å². The summed E-state index contributed by atoms with van der Waals surface area (Å²) in [6, 6.07) is 9.72. The zero-order valence-corrected chi connectivity index (χ0v) is 24.3. The maximum Gasteiger partial charge on any atom is 0.326 e. The van der Waals surface area contributed by atoms with Crippen molar-refractivity contribution in [3.63, 3.8) is 0 Å². The summed E-state index contributed by atoms with van der Waals surface area (Å²) >= 11 is 0. The molecule has 3 amide bonds. The standard InChI is InChI=1S/C31H36N6O7/c1-16(2)27(31(43)44)37-30(42)25(13-26(38)39)36-29(41)24(12-18-15-34-23-10-6-4-8-20(18)23)35-28(40)21(32)11-17-14-33-22-9-5-3-7-19(17)22/h3-10,14-16,21,24-25,27,33-34H,11-13,32H2,1-2H3,(H,35,40)(H,36,41)(H,37,42)(H,38,39)(H,43,44). The Morgan fingerprint density at radius 1 is 0.727 bits per heavy atom. The van der Waals surface area contributed by atoms with Crippen molar-refractivity contribution in [1.29, 1.82) is 0 Å². The van der Waals surface area contributed by atoms with E-state index in [1.165, 1.54) is 0 Å². The number of carboxylic acids is 2. The van der Waals surface area contributed by atoms with E-state index in [1.54, 1.807) is 26.2 Å². The molecule has 0 aliphatic rings. The first-order valence-corrected chi connectivity index (χ1v) is 14.2. The molecule has 0 spiro atoms. The number of para-hydroxylation sites is 2. The maximum atomic E-state index is 13.6. The highest BCUT2D eigenvalue weighted by Gasteiger charge is 2.33. The quantitative estimate of drug-likeness (QED) is 0.105. The number of carbonyl (C=O) groups excluding carboxylic acids is 3. The van der Waals surface area contributed by atoms with Gasteiger partial charge >= 0.3 is 11.9 Å². The number of carboxylic acid groups (broad SMARTS) is 2. The highest BCUT2D eigenvalue weighted by Crippen LogP contribution is 2.21. The third kappa shape index (κ3) is 7.61. The fourth-order valence-electron chi connectivity index (χ4n) is 5.06. The van der Waals surface area contributed by atoms with Gasteiger partial charge in [0, 0.05) is 40.6 Å². The summed E-state index contributed by atoms with van der Waals surface area (Å²) in [4.78, 5) is 69.4. The van der Waals surface area contributed by atoms with Crippen molar-refractivity contribution in [1.82, 2.24) is 25.9 Å². The second kappa shape index (κ2) is 13.9. The average Bonchev–Trinajstić information content (AvgIpc) is 3.58. The molecule has 0 aliphatic carbocycles. The zero-order chi connectivity index (χ0) is 32.0. The van der Waals surface area contributed by atoms with Crippen molar-refractivity contribution in [2.75, 3.05) is 0 Å². The van der Waals surface area contributed by atoms with Crippen molar-refractivity contribution in [3.05, 3.63) is 72.1 Å². The Morgan fingerprint density at radius 2 is 1.23 bits per heavy atom. The lowest BCUT2D eigenvalue weighted by molar-refractivity contribution is -0.144. The van der Waals surface area contributed by atoms with Crippen LogP contribution in [0.5, 0.6) is 0 Å². The number of rotatable bonds is 14. The van der Waals surface area contributed by atoms with Gasteiger partial charge < -0.3 is 41.9 Å². The topological polar surface area (TPSA) is 219 Å². The van der Waals surface area contributed by atoms with Gasteiger partial charge in [0.1, 0.15) is 18.1 Å². The summed E-state index contributed by atoms with van der Waals surface area (Å²) in [5.41, 5.74) is 9.48. The Labute approximate surface area is 252 Å². The van der Waals surface area contributed by atoms with E-state index in [0.29, 0.717) is 5.56 Å². The van der Waals surface area contributed by atoms with Gasteiger partial charge in [-0.2, -0.15) is 0 Å². The van der Waals surface area contributed by atoms with Gasteiger partial charge in [-0.1, -0.05) is 50.2 Å². The molecule has 4 unspecified atom stereocenters. The van der Waals surface area contributed by atoms with Crippen LogP contribution in [-0.2, 0) is 36.8 Å². The number of H-pyrrole nitrogens is 2. The van der Waals surface area contributed by atoms with Crippen LogP contribution in [-0.4, -0.2) is 74.0 Å². The lowest BCUT2D eigenvalue weighted by Gasteiger charge is -2.25. The van der Waals surface area contributed by atoms with Gasteiger partial charge in [0.05, 0.1) is 12.5 Å². The fourth-order valence-corrected chi connectivity index (χ4v) is 5.06. The largest absolute Gasteiger partial charge is 0.481 e. The third-order valence-electron chi connectivity index (χ3n) is 7.43. The molecule has 2 aromatic heterocycles. The van der Waals surface area contributed by atoms with Gasteiger partial charge in [0.2, 0.25) is 17.7 Å². The fraction of sp³-hybridized carbons (Fsp3) is 0.323. The summed E-state index contributed by atoms with van der Waals surface area (Å²) in [7, 11) is 0. The van der Waals surface area contributed by atoms with Gasteiger partial charge in [0.25, 0.3) is 0 Å². The number of aromatic amines is 2. The minimum Gasteiger partial charge on any atom is -0.481 e. The Bertz CT molecular complexity index is 1680. The van der Waals surface area contributed by atoms with Gasteiger partial charge in [-0.15, -0.1) is 0 Å². The molecule has 0 bridgehead atoms. The van der Waals surface area contributed by atoms with Crippen LogP contribution < -0.4 is 21.7 Å². The molecule has 13 nitrogen and oxygen atoms in total. The highest BCUT2D eigenvalue weighted by atomic mass is 16.4. The van der Waals surface area contributed by atoms with Crippen LogP contribution in [0.3, 0.4) is 0 Å². The zero-order valence-electron chi connectivity index (χ0n) is 24.3. The van der Waals surface area contributed by atoms with Crippen molar-refractivity contribution in [3.8, 4) is 0 Å². The number of fused-ring (bicyclic) bond motifs is 2. The first kappa shape index (κ1) is 31.8. The normalized spacial score (nSPS) is 14.1. The van der Waals surface area contributed by atoms with Crippen LogP contribution in [0.1, 0.15) is 31.4 Å². The molecule has 0 fully saturated rings. The Balaban J connectivity index is 1.56. The molecule has 9 N–H and O–H groups in total. The molecule has 2 aromatic carbocycles. The van der Waals surface area contributed by atoms with Crippen LogP contribution in [0.4, 0.5) is 0 Å². The first-order valence-electron chi connectivity index (χ1n) is 14.2. The number of hydrogen-bond donors (Lipinski definition) is 8. The molecular formula is C31H36N6O7. The molecule has 0 aliphatic heterocycles. The third-order valence-corrected chi connectivity index (χ3v) is 7.43. The minimum absolute atomic E-state index is 0.00739. The first-order chi connectivity index (χ1) is 20.9. The average molecular weight is 605 g/mol.